The largest absolute Gasteiger partial charge is 0.477 e. The molecule has 4 heterocycles. The van der Waals surface area contributed by atoms with Gasteiger partial charge in [0.05, 0.1) is 18.6 Å². The Morgan fingerprint density at radius 1 is 1.32 bits per heavy atom. The van der Waals surface area contributed by atoms with E-state index < -0.39 is 14.6 Å². The number of nitrogens with zero attached hydrogens (tertiary/aromatic N) is 2. The number of furan rings is 1. The number of aromatic nitrogens is 1. The summed E-state index contributed by atoms with van der Waals surface area (Å²) in [5.74, 6) is 0.407. The molecule has 0 bridgehead atoms. The Morgan fingerprint density at radius 3 is 2.84 bits per heavy atom. The summed E-state index contributed by atoms with van der Waals surface area (Å²) in [5.41, 5.74) is 0. The topological polar surface area (TPSA) is 89.7 Å². The van der Waals surface area contributed by atoms with E-state index in [9.17, 15) is 13.2 Å². The van der Waals surface area contributed by atoms with Crippen molar-refractivity contribution in [3.8, 4) is 5.88 Å². The minimum Gasteiger partial charge on any atom is -0.477 e. The molecule has 1 spiro atoms. The summed E-state index contributed by atoms with van der Waals surface area (Å²) < 4.78 is 35.1. The maximum atomic E-state index is 12.6. The van der Waals surface area contributed by atoms with Gasteiger partial charge in [-0.05, 0) is 24.6 Å². The lowest BCUT2D eigenvalue weighted by molar-refractivity contribution is 0.0378. The number of ether oxygens (including phenoxy) is 1. The van der Waals surface area contributed by atoms with Crippen molar-refractivity contribution in [2.45, 2.75) is 11.2 Å². The van der Waals surface area contributed by atoms with Gasteiger partial charge in [-0.2, -0.15) is 0 Å². The third kappa shape index (κ3) is 2.60. The molecule has 2 aliphatic rings. The molecule has 132 valence electrons. The van der Waals surface area contributed by atoms with E-state index in [1.807, 2.05) is 6.07 Å². The van der Waals surface area contributed by atoms with E-state index in [1.165, 1.54) is 11.2 Å². The first-order valence-electron chi connectivity index (χ1n) is 8.11. The minimum absolute atomic E-state index is 0.131. The summed E-state index contributed by atoms with van der Waals surface area (Å²) in [7, 11) is -3.26. The molecule has 0 radical (unpaired) electrons. The summed E-state index contributed by atoms with van der Waals surface area (Å²) in [6, 6.07) is 8.56. The van der Waals surface area contributed by atoms with E-state index in [0.717, 1.165) is 0 Å². The van der Waals surface area contributed by atoms with Gasteiger partial charge >= 0.3 is 0 Å². The van der Waals surface area contributed by atoms with Crippen LogP contribution in [-0.4, -0.2) is 54.4 Å². The first-order chi connectivity index (χ1) is 12.0. The highest BCUT2D eigenvalue weighted by Crippen LogP contribution is 2.45. The molecule has 1 unspecified atom stereocenters. The van der Waals surface area contributed by atoms with Crippen molar-refractivity contribution in [2.75, 3.05) is 25.4 Å². The molecule has 2 fully saturated rings. The number of hydrogen-bond acceptors (Lipinski definition) is 6. The lowest BCUT2D eigenvalue weighted by Gasteiger charge is -2.49. The van der Waals surface area contributed by atoms with Crippen molar-refractivity contribution >= 4 is 15.7 Å². The highest BCUT2D eigenvalue weighted by atomic mass is 32.2. The number of rotatable bonds is 4. The van der Waals surface area contributed by atoms with Crippen LogP contribution in [0.1, 0.15) is 17.0 Å². The van der Waals surface area contributed by atoms with E-state index in [0.29, 0.717) is 12.3 Å². The van der Waals surface area contributed by atoms with Crippen molar-refractivity contribution in [3.63, 3.8) is 0 Å². The molecule has 0 aromatic carbocycles. The molecule has 1 amide bonds. The van der Waals surface area contributed by atoms with Crippen LogP contribution in [-0.2, 0) is 9.84 Å². The van der Waals surface area contributed by atoms with Gasteiger partial charge in [0, 0.05) is 31.3 Å². The number of hydrogen-bond donors (Lipinski definition) is 0. The fourth-order valence-corrected chi connectivity index (χ4v) is 6.03. The first kappa shape index (κ1) is 16.1. The normalized spacial score (nSPS) is 23.4. The fraction of sp³-hybridized carbons (Fsp3) is 0.412. The van der Waals surface area contributed by atoms with E-state index in [1.54, 1.807) is 30.5 Å². The number of likely N-dealkylation sites (tertiary alicyclic amines) is 1. The fourth-order valence-electron chi connectivity index (χ4n) is 3.63. The second-order valence-electron chi connectivity index (χ2n) is 6.49. The van der Waals surface area contributed by atoms with Crippen LogP contribution in [0.25, 0.3) is 0 Å². The van der Waals surface area contributed by atoms with Crippen LogP contribution in [0.4, 0.5) is 0 Å². The third-order valence-corrected chi connectivity index (χ3v) is 7.71. The van der Waals surface area contributed by atoms with Crippen LogP contribution < -0.4 is 4.74 Å². The van der Waals surface area contributed by atoms with Crippen molar-refractivity contribution in [1.29, 1.82) is 0 Å². The molecule has 0 saturated carbocycles. The number of amides is 1. The summed E-state index contributed by atoms with van der Waals surface area (Å²) in [6.07, 6.45) is 3.60. The summed E-state index contributed by atoms with van der Waals surface area (Å²) in [4.78, 5) is 17.9. The predicted molar refractivity (Wildman–Crippen MR) is 89.0 cm³/mol. The van der Waals surface area contributed by atoms with Crippen molar-refractivity contribution in [1.82, 2.24) is 9.88 Å². The van der Waals surface area contributed by atoms with Crippen LogP contribution in [0.2, 0.25) is 0 Å². The maximum Gasteiger partial charge on any atom is 0.289 e. The van der Waals surface area contributed by atoms with Gasteiger partial charge in [0.2, 0.25) is 5.88 Å². The molecular formula is C17H18N2O5S. The summed E-state index contributed by atoms with van der Waals surface area (Å²) in [5, 5.41) is 0. The number of carbonyl (C=O) groups excluding carboxylic acids is 1. The van der Waals surface area contributed by atoms with Crippen LogP contribution in [0.3, 0.4) is 0 Å². The molecule has 2 aromatic rings. The number of carbonyl (C=O) groups is 1. The van der Waals surface area contributed by atoms with Gasteiger partial charge in [0.1, 0.15) is 4.75 Å². The van der Waals surface area contributed by atoms with Crippen LogP contribution in [0.15, 0.2) is 47.2 Å². The molecule has 2 aromatic heterocycles. The van der Waals surface area contributed by atoms with Gasteiger partial charge in [-0.25, -0.2) is 13.4 Å². The number of pyridine rings is 1. The molecule has 8 heteroatoms. The highest BCUT2D eigenvalue weighted by Gasteiger charge is 2.62. The van der Waals surface area contributed by atoms with Crippen molar-refractivity contribution in [3.05, 3.63) is 48.6 Å². The monoisotopic (exact) mass is 362 g/mol. The average Bonchev–Trinajstić information content (AvgIpc) is 3.18. The Bertz CT molecular complexity index is 858. The summed E-state index contributed by atoms with van der Waals surface area (Å²) >= 11 is 0. The smallest absolute Gasteiger partial charge is 0.289 e. The van der Waals surface area contributed by atoms with Crippen molar-refractivity contribution in [2.24, 2.45) is 5.92 Å². The molecule has 2 saturated heterocycles. The lowest BCUT2D eigenvalue weighted by atomic mass is 9.83. The van der Waals surface area contributed by atoms with Gasteiger partial charge in [0.15, 0.2) is 15.6 Å². The van der Waals surface area contributed by atoms with Crippen LogP contribution in [0, 0.1) is 5.92 Å². The molecule has 1 atom stereocenters. The zero-order valence-electron chi connectivity index (χ0n) is 13.5. The molecule has 2 aliphatic heterocycles. The molecule has 0 aliphatic carbocycles. The zero-order chi connectivity index (χ0) is 17.5. The number of sulfone groups is 1. The average molecular weight is 362 g/mol. The van der Waals surface area contributed by atoms with Gasteiger partial charge in [0.25, 0.3) is 5.91 Å². The van der Waals surface area contributed by atoms with Gasteiger partial charge < -0.3 is 14.1 Å². The minimum atomic E-state index is -3.26. The zero-order valence-corrected chi connectivity index (χ0v) is 14.3. The molecule has 7 nitrogen and oxygen atoms in total. The standard InChI is InChI=1S/C17H18N2O5S/c20-16(14-4-3-8-23-14)19-11-17(12-19)13(6-9-25(17,21)22)10-24-15-5-1-2-7-18-15/h1-5,7-8,13H,6,9-12H2. The Kier molecular flexibility index (Phi) is 3.79. The van der Waals surface area contributed by atoms with E-state index in [2.05, 4.69) is 4.98 Å². The van der Waals surface area contributed by atoms with Gasteiger partial charge in [-0.15, -0.1) is 0 Å². The Labute approximate surface area is 145 Å². The highest BCUT2D eigenvalue weighted by molar-refractivity contribution is 7.93. The first-order valence-corrected chi connectivity index (χ1v) is 9.76. The van der Waals surface area contributed by atoms with Crippen LogP contribution >= 0.6 is 0 Å². The van der Waals surface area contributed by atoms with Crippen LogP contribution in [0.5, 0.6) is 5.88 Å². The molecule has 25 heavy (non-hydrogen) atoms. The van der Waals surface area contributed by atoms with Crippen molar-refractivity contribution < 1.29 is 22.4 Å². The quantitative estimate of drug-likeness (QED) is 0.816. The SMILES string of the molecule is O=C(c1ccco1)N1CC2(C1)C(COc1ccccn1)CCS2(=O)=O. The Hall–Kier alpha value is -2.35. The van der Waals surface area contributed by atoms with E-state index in [4.69, 9.17) is 9.15 Å². The van der Waals surface area contributed by atoms with Gasteiger partial charge in [-0.3, -0.25) is 4.79 Å². The Morgan fingerprint density at radius 2 is 2.16 bits per heavy atom. The Balaban J connectivity index is 1.47. The predicted octanol–water partition coefficient (Wildman–Crippen LogP) is 1.38. The summed E-state index contributed by atoms with van der Waals surface area (Å²) in [6.45, 7) is 0.648. The van der Waals surface area contributed by atoms with E-state index in [-0.39, 0.29) is 43.0 Å². The second-order valence-corrected chi connectivity index (χ2v) is 8.94. The third-order valence-electron chi connectivity index (χ3n) is 5.10. The van der Waals surface area contributed by atoms with E-state index >= 15 is 0 Å². The second kappa shape index (κ2) is 5.87. The van der Waals surface area contributed by atoms with Gasteiger partial charge in [-0.1, -0.05) is 6.07 Å². The molecule has 0 N–H and O–H groups in total. The molecule has 4 rings (SSSR count). The lowest BCUT2D eigenvalue weighted by Crippen LogP contribution is -2.68. The maximum absolute atomic E-state index is 12.6. The molecular weight excluding hydrogens is 344 g/mol.